The van der Waals surface area contributed by atoms with E-state index in [-0.39, 0.29) is 12.1 Å². The molecule has 1 aliphatic rings. The predicted molar refractivity (Wildman–Crippen MR) is 91.6 cm³/mol. The highest BCUT2D eigenvalue weighted by molar-refractivity contribution is 7.22. The zero-order chi connectivity index (χ0) is 15.6. The first-order valence-corrected chi connectivity index (χ1v) is 8.46. The van der Waals surface area contributed by atoms with E-state index in [2.05, 4.69) is 15.3 Å². The number of amides is 2. The summed E-state index contributed by atoms with van der Waals surface area (Å²) in [4.78, 5) is 23.1. The van der Waals surface area contributed by atoms with Gasteiger partial charge in [0, 0.05) is 18.9 Å². The van der Waals surface area contributed by atoms with Crippen LogP contribution in [-0.4, -0.2) is 27.4 Å². The van der Waals surface area contributed by atoms with E-state index in [9.17, 15) is 4.79 Å². The van der Waals surface area contributed by atoms with Crippen molar-refractivity contribution in [2.45, 2.75) is 18.9 Å². The average Bonchev–Trinajstić information content (AvgIpc) is 3.22. The second kappa shape index (κ2) is 5.96. The zero-order valence-electron chi connectivity index (χ0n) is 12.5. The van der Waals surface area contributed by atoms with Gasteiger partial charge in [-0.2, -0.15) is 0 Å². The molecule has 1 N–H and O–H groups in total. The molecule has 1 saturated heterocycles. The average molecular weight is 324 g/mol. The third-order valence-corrected chi connectivity index (χ3v) is 5.06. The van der Waals surface area contributed by atoms with Crippen LogP contribution in [0.25, 0.3) is 10.2 Å². The highest BCUT2D eigenvalue weighted by atomic mass is 32.1. The van der Waals surface area contributed by atoms with E-state index in [4.69, 9.17) is 0 Å². The molecule has 2 aromatic heterocycles. The Kier molecular flexibility index (Phi) is 3.67. The summed E-state index contributed by atoms with van der Waals surface area (Å²) in [5.41, 5.74) is 2.05. The van der Waals surface area contributed by atoms with Crippen molar-refractivity contribution < 1.29 is 4.79 Å². The van der Waals surface area contributed by atoms with Gasteiger partial charge < -0.3 is 4.90 Å². The number of urea groups is 1. The standard InChI is InChI=1S/C17H16N4OS/c22-17(20-16-19-13-4-1-2-6-15(13)23-16)21-11-3-5-14(21)12-7-9-18-10-8-12/h1-2,4,6-10,14H,3,5,11H2,(H,19,20,22). The summed E-state index contributed by atoms with van der Waals surface area (Å²) < 4.78 is 1.08. The smallest absolute Gasteiger partial charge is 0.317 e. The number of nitrogens with one attached hydrogen (secondary N) is 1. The molecule has 1 aromatic carbocycles. The van der Waals surface area contributed by atoms with Crippen molar-refractivity contribution in [3.05, 3.63) is 54.4 Å². The first-order valence-electron chi connectivity index (χ1n) is 7.64. The van der Waals surface area contributed by atoms with E-state index < -0.39 is 0 Å². The minimum Gasteiger partial charge on any atom is -0.317 e. The molecular weight excluding hydrogens is 308 g/mol. The van der Waals surface area contributed by atoms with Gasteiger partial charge in [0.1, 0.15) is 0 Å². The van der Waals surface area contributed by atoms with E-state index in [1.807, 2.05) is 41.3 Å². The molecule has 0 aliphatic carbocycles. The van der Waals surface area contributed by atoms with Gasteiger partial charge in [-0.05, 0) is 42.7 Å². The largest absolute Gasteiger partial charge is 0.324 e. The maximum absolute atomic E-state index is 12.6. The Morgan fingerprint density at radius 1 is 1.22 bits per heavy atom. The number of hydrogen-bond donors (Lipinski definition) is 1. The lowest BCUT2D eigenvalue weighted by molar-refractivity contribution is 0.207. The van der Waals surface area contributed by atoms with Crippen molar-refractivity contribution in [2.24, 2.45) is 0 Å². The van der Waals surface area contributed by atoms with Crippen molar-refractivity contribution in [1.82, 2.24) is 14.9 Å². The van der Waals surface area contributed by atoms with Crippen LogP contribution in [0.4, 0.5) is 9.93 Å². The molecule has 116 valence electrons. The summed E-state index contributed by atoms with van der Waals surface area (Å²) in [6.07, 6.45) is 5.55. The van der Waals surface area contributed by atoms with Gasteiger partial charge in [0.05, 0.1) is 16.3 Å². The summed E-state index contributed by atoms with van der Waals surface area (Å²) in [7, 11) is 0. The van der Waals surface area contributed by atoms with Crippen molar-refractivity contribution in [3.8, 4) is 0 Å². The molecule has 23 heavy (non-hydrogen) atoms. The number of carbonyl (C=O) groups excluding carboxylic acids is 1. The van der Waals surface area contributed by atoms with Crippen LogP contribution in [0.15, 0.2) is 48.8 Å². The number of benzene rings is 1. The third-order valence-electron chi connectivity index (χ3n) is 4.11. The number of thiazole rings is 1. The molecule has 1 fully saturated rings. The quantitative estimate of drug-likeness (QED) is 0.773. The SMILES string of the molecule is O=C(Nc1nc2ccccc2s1)N1CCCC1c1ccncc1. The van der Waals surface area contributed by atoms with Crippen LogP contribution in [0.5, 0.6) is 0 Å². The van der Waals surface area contributed by atoms with E-state index in [1.165, 1.54) is 11.3 Å². The van der Waals surface area contributed by atoms with Crippen LogP contribution in [0.1, 0.15) is 24.4 Å². The summed E-state index contributed by atoms with van der Waals surface area (Å²) in [5, 5.41) is 3.60. The fourth-order valence-corrected chi connectivity index (χ4v) is 3.89. The van der Waals surface area contributed by atoms with Crippen LogP contribution in [-0.2, 0) is 0 Å². The van der Waals surface area contributed by atoms with Crippen LogP contribution < -0.4 is 5.32 Å². The van der Waals surface area contributed by atoms with Crippen LogP contribution in [0, 0.1) is 0 Å². The van der Waals surface area contributed by atoms with Crippen LogP contribution in [0.2, 0.25) is 0 Å². The zero-order valence-corrected chi connectivity index (χ0v) is 13.3. The predicted octanol–water partition coefficient (Wildman–Crippen LogP) is 4.06. The van der Waals surface area contributed by atoms with Crippen LogP contribution in [0.3, 0.4) is 0 Å². The lowest BCUT2D eigenvalue weighted by atomic mass is 10.1. The summed E-state index contributed by atoms with van der Waals surface area (Å²) in [6.45, 7) is 0.768. The molecule has 3 aromatic rings. The number of carbonyl (C=O) groups is 1. The maximum atomic E-state index is 12.6. The highest BCUT2D eigenvalue weighted by Crippen LogP contribution is 2.33. The molecule has 4 rings (SSSR count). The lowest BCUT2D eigenvalue weighted by Crippen LogP contribution is -2.34. The Morgan fingerprint density at radius 2 is 2.04 bits per heavy atom. The van der Waals surface area contributed by atoms with Gasteiger partial charge in [-0.1, -0.05) is 23.5 Å². The Morgan fingerprint density at radius 3 is 2.87 bits per heavy atom. The Bertz CT molecular complexity index is 800. The van der Waals surface area contributed by atoms with E-state index >= 15 is 0 Å². The van der Waals surface area contributed by atoms with Gasteiger partial charge in [0.25, 0.3) is 0 Å². The van der Waals surface area contributed by atoms with Crippen LogP contribution >= 0.6 is 11.3 Å². The summed E-state index contributed by atoms with van der Waals surface area (Å²) in [6, 6.07) is 11.9. The molecule has 5 nitrogen and oxygen atoms in total. The van der Waals surface area contributed by atoms with E-state index in [0.29, 0.717) is 5.13 Å². The van der Waals surface area contributed by atoms with Crippen molar-refractivity contribution in [1.29, 1.82) is 0 Å². The van der Waals surface area contributed by atoms with E-state index in [1.54, 1.807) is 12.4 Å². The Hall–Kier alpha value is -2.47. The number of fused-ring (bicyclic) bond motifs is 1. The number of para-hydroxylation sites is 1. The summed E-state index contributed by atoms with van der Waals surface area (Å²) >= 11 is 1.50. The highest BCUT2D eigenvalue weighted by Gasteiger charge is 2.30. The molecule has 2 amide bonds. The first-order chi connectivity index (χ1) is 11.3. The minimum atomic E-state index is -0.0802. The number of hydrogen-bond acceptors (Lipinski definition) is 4. The molecule has 0 spiro atoms. The molecule has 0 radical (unpaired) electrons. The molecule has 1 aliphatic heterocycles. The van der Waals surface area contributed by atoms with Gasteiger partial charge in [-0.15, -0.1) is 0 Å². The Labute approximate surface area is 138 Å². The Balaban J connectivity index is 1.54. The lowest BCUT2D eigenvalue weighted by Gasteiger charge is -2.24. The molecular formula is C17H16N4OS. The molecule has 1 unspecified atom stereocenters. The normalized spacial score (nSPS) is 17.6. The van der Waals surface area contributed by atoms with Gasteiger partial charge in [-0.25, -0.2) is 9.78 Å². The van der Waals surface area contributed by atoms with Crippen molar-refractivity contribution >= 4 is 32.7 Å². The van der Waals surface area contributed by atoms with Crippen molar-refractivity contribution in [2.75, 3.05) is 11.9 Å². The summed E-state index contributed by atoms with van der Waals surface area (Å²) in [5.74, 6) is 0. The van der Waals surface area contributed by atoms with Gasteiger partial charge in [0.15, 0.2) is 5.13 Å². The fraction of sp³-hybridized carbons (Fsp3) is 0.235. The number of rotatable bonds is 2. The molecule has 1 atom stereocenters. The number of anilines is 1. The number of aromatic nitrogens is 2. The number of nitrogens with zero attached hydrogens (tertiary/aromatic N) is 3. The molecule has 0 bridgehead atoms. The molecule has 6 heteroatoms. The number of pyridine rings is 1. The van der Waals surface area contributed by atoms with Gasteiger partial charge in [-0.3, -0.25) is 10.3 Å². The van der Waals surface area contributed by atoms with Gasteiger partial charge in [0.2, 0.25) is 0 Å². The second-order valence-corrected chi connectivity index (χ2v) is 6.58. The van der Waals surface area contributed by atoms with E-state index in [0.717, 1.165) is 35.2 Å². The fourth-order valence-electron chi connectivity index (χ4n) is 3.03. The first kappa shape index (κ1) is 14.1. The molecule has 0 saturated carbocycles. The molecule has 3 heterocycles. The minimum absolute atomic E-state index is 0.0802. The third kappa shape index (κ3) is 2.77. The van der Waals surface area contributed by atoms with Gasteiger partial charge >= 0.3 is 6.03 Å². The maximum Gasteiger partial charge on any atom is 0.324 e. The number of likely N-dealkylation sites (tertiary alicyclic amines) is 1. The van der Waals surface area contributed by atoms with Crippen molar-refractivity contribution in [3.63, 3.8) is 0 Å². The second-order valence-electron chi connectivity index (χ2n) is 5.55. The monoisotopic (exact) mass is 324 g/mol. The topological polar surface area (TPSA) is 58.1 Å².